The van der Waals surface area contributed by atoms with Crippen LogP contribution in [0.25, 0.3) is 0 Å². The molecule has 2 N–H and O–H groups in total. The van der Waals surface area contributed by atoms with E-state index in [2.05, 4.69) is 19.2 Å². The number of epoxide rings is 1. The number of aliphatic hydroxyl groups is 1. The van der Waals surface area contributed by atoms with Crippen molar-refractivity contribution in [3.8, 4) is 0 Å². The van der Waals surface area contributed by atoms with Gasteiger partial charge in [-0.1, -0.05) is 56.3 Å². The molecule has 1 saturated carbocycles. The first kappa shape index (κ1) is 25.9. The third-order valence-corrected chi connectivity index (χ3v) is 9.34. The van der Waals surface area contributed by atoms with Crippen LogP contribution in [-0.2, 0) is 30.3 Å². The summed E-state index contributed by atoms with van der Waals surface area (Å²) in [5, 5.41) is 14.3. The molecule has 2 aliphatic heterocycles. The molecule has 1 aromatic rings. The number of allylic oxidation sites excluding steroid dienone is 1. The lowest BCUT2D eigenvalue weighted by molar-refractivity contribution is -0.162. The van der Waals surface area contributed by atoms with Crippen LogP contribution in [0.1, 0.15) is 46.6 Å². The zero-order valence-electron chi connectivity index (χ0n) is 22.1. The maximum atomic E-state index is 14.3. The molecule has 2 unspecified atom stereocenters. The Labute approximate surface area is 218 Å². The molecule has 2 heterocycles. The van der Waals surface area contributed by atoms with E-state index in [4.69, 9.17) is 9.47 Å². The van der Waals surface area contributed by atoms with Crippen molar-refractivity contribution < 1.29 is 29.0 Å². The van der Waals surface area contributed by atoms with Gasteiger partial charge in [-0.25, -0.2) is 0 Å². The fraction of sp³-hybridized carbons (Fsp3) is 0.567. The number of hydrogen-bond donors (Lipinski definition) is 2. The van der Waals surface area contributed by atoms with Crippen molar-refractivity contribution in [2.75, 3.05) is 0 Å². The van der Waals surface area contributed by atoms with E-state index >= 15 is 0 Å². The third kappa shape index (κ3) is 3.98. The molecule has 0 radical (unpaired) electrons. The minimum atomic E-state index is -1.76. The van der Waals surface area contributed by atoms with Crippen LogP contribution in [0, 0.1) is 29.1 Å². The average molecular weight is 508 g/mol. The normalized spacial score (nSPS) is 44.6. The molecule has 5 rings (SSSR count). The Morgan fingerprint density at radius 2 is 1.86 bits per heavy atom. The van der Waals surface area contributed by atoms with E-state index in [9.17, 15) is 19.5 Å². The van der Waals surface area contributed by atoms with Crippen LogP contribution in [-0.4, -0.2) is 52.2 Å². The highest BCUT2D eigenvalue weighted by atomic mass is 16.6. The van der Waals surface area contributed by atoms with E-state index in [0.29, 0.717) is 12.8 Å². The summed E-state index contributed by atoms with van der Waals surface area (Å²) in [6, 6.07) is 9.82. The van der Waals surface area contributed by atoms with Gasteiger partial charge in [-0.2, -0.15) is 0 Å². The lowest BCUT2D eigenvalue weighted by Crippen LogP contribution is -2.60. The van der Waals surface area contributed by atoms with Crippen LogP contribution >= 0.6 is 0 Å². The summed E-state index contributed by atoms with van der Waals surface area (Å²) in [7, 11) is 0. The molecule has 2 saturated heterocycles. The van der Waals surface area contributed by atoms with Crippen molar-refractivity contribution in [1.29, 1.82) is 0 Å². The number of benzene rings is 1. The zero-order valence-corrected chi connectivity index (χ0v) is 22.1. The second kappa shape index (κ2) is 8.91. The average Bonchev–Trinajstić information content (AvgIpc) is 3.46. The van der Waals surface area contributed by atoms with Gasteiger partial charge in [-0.15, -0.1) is 0 Å². The molecular weight excluding hydrogens is 470 g/mol. The van der Waals surface area contributed by atoms with Gasteiger partial charge in [0.05, 0.1) is 11.7 Å². The smallest absolute Gasteiger partial charge is 0.303 e. The molecule has 7 heteroatoms. The molecule has 1 amide bonds. The molecule has 0 aromatic heterocycles. The lowest BCUT2D eigenvalue weighted by atomic mass is 9.51. The summed E-state index contributed by atoms with van der Waals surface area (Å²) < 4.78 is 12.3. The number of amides is 1. The molecule has 10 atom stereocenters. The van der Waals surface area contributed by atoms with E-state index in [1.165, 1.54) is 19.9 Å². The fourth-order valence-corrected chi connectivity index (χ4v) is 7.33. The third-order valence-electron chi connectivity index (χ3n) is 9.34. The van der Waals surface area contributed by atoms with Crippen molar-refractivity contribution in [2.24, 2.45) is 29.1 Å². The predicted octanol–water partition coefficient (Wildman–Crippen LogP) is 3.16. The number of carbonyl (C=O) groups is 3. The number of esters is 1. The van der Waals surface area contributed by atoms with E-state index in [-0.39, 0.29) is 41.6 Å². The molecule has 0 bridgehead atoms. The molecular formula is C30H37NO6. The summed E-state index contributed by atoms with van der Waals surface area (Å²) in [4.78, 5) is 39.7. The Balaban J connectivity index is 1.70. The second-order valence-corrected chi connectivity index (χ2v) is 11.7. The summed E-state index contributed by atoms with van der Waals surface area (Å²) in [6.45, 7) is 8.76. The first-order chi connectivity index (χ1) is 17.4. The van der Waals surface area contributed by atoms with Crippen molar-refractivity contribution in [1.82, 2.24) is 5.32 Å². The Morgan fingerprint density at radius 1 is 1.16 bits per heavy atom. The van der Waals surface area contributed by atoms with Crippen molar-refractivity contribution in [3.63, 3.8) is 0 Å². The lowest BCUT2D eigenvalue weighted by Gasteiger charge is -2.49. The maximum absolute atomic E-state index is 14.3. The Bertz CT molecular complexity index is 1160. The topological polar surface area (TPSA) is 105 Å². The Hall–Kier alpha value is -2.77. The number of Topliss-reactive ketones (excluding diaryl/α,β-unsaturated/α-hetero) is 1. The fourth-order valence-electron chi connectivity index (χ4n) is 7.33. The molecule has 37 heavy (non-hydrogen) atoms. The molecule has 1 spiro atoms. The van der Waals surface area contributed by atoms with E-state index in [1.807, 2.05) is 42.5 Å². The summed E-state index contributed by atoms with van der Waals surface area (Å²) in [5.41, 5.74) is -2.24. The zero-order chi connectivity index (χ0) is 26.8. The minimum absolute atomic E-state index is 0.0209. The van der Waals surface area contributed by atoms with Crippen LogP contribution in [0.5, 0.6) is 0 Å². The summed E-state index contributed by atoms with van der Waals surface area (Å²) in [5.74, 6) is -2.10. The minimum Gasteiger partial charge on any atom is -0.457 e. The molecule has 3 fully saturated rings. The van der Waals surface area contributed by atoms with Gasteiger partial charge in [-0.3, -0.25) is 14.4 Å². The highest BCUT2D eigenvalue weighted by Crippen LogP contribution is 2.67. The van der Waals surface area contributed by atoms with E-state index < -0.39 is 34.6 Å². The number of fused-ring (bicyclic) bond motifs is 2. The van der Waals surface area contributed by atoms with Gasteiger partial charge >= 0.3 is 5.97 Å². The first-order valence-corrected chi connectivity index (χ1v) is 13.3. The van der Waals surface area contributed by atoms with Crippen LogP contribution in [0.2, 0.25) is 0 Å². The summed E-state index contributed by atoms with van der Waals surface area (Å²) in [6.07, 6.45) is 6.72. The van der Waals surface area contributed by atoms with Crippen LogP contribution in [0.15, 0.2) is 54.6 Å². The van der Waals surface area contributed by atoms with Crippen molar-refractivity contribution in [2.45, 2.75) is 76.9 Å². The standard InChI is InChI=1S/C30H37NO6/c1-17-10-9-13-21-26-29(5,37-26)18(2)24-22(16-20-11-7-6-8-12-20)31-27(34)30(21,24)23(36-19(3)32)14-15-28(4,35)25(17)33/h6-9,11-15,17-18,21-24,26,35H,10,16H2,1-5H3,(H,31,34)/t17-,18-,21?,22-,23+,24?,26-,28+,29+,30+/m0/s1. The van der Waals surface area contributed by atoms with Gasteiger partial charge in [-0.05, 0) is 50.3 Å². The van der Waals surface area contributed by atoms with Gasteiger partial charge in [0, 0.05) is 30.7 Å². The number of rotatable bonds is 3. The number of carbonyl (C=O) groups excluding carboxylic acids is 3. The maximum Gasteiger partial charge on any atom is 0.303 e. The van der Waals surface area contributed by atoms with Crippen LogP contribution < -0.4 is 5.32 Å². The SMILES string of the molecule is CC(=O)O[C@@H]1C=C[C@@](C)(O)C(=O)[C@@H](C)CC=CC2[C@@H]3O[C@]3(C)[C@@H](C)C3[C@H](Cc4ccccc4)NC(=O)[C@]321. The quantitative estimate of drug-likeness (QED) is 0.370. The van der Waals surface area contributed by atoms with Gasteiger partial charge in [0.15, 0.2) is 5.78 Å². The highest BCUT2D eigenvalue weighted by molar-refractivity contribution is 5.91. The molecule has 4 aliphatic rings. The van der Waals surface area contributed by atoms with Gasteiger partial charge in [0.1, 0.15) is 17.1 Å². The van der Waals surface area contributed by atoms with Crippen molar-refractivity contribution in [3.05, 3.63) is 60.2 Å². The van der Waals surface area contributed by atoms with E-state index in [0.717, 1.165) is 5.56 Å². The first-order valence-electron chi connectivity index (χ1n) is 13.3. The molecule has 2 aliphatic carbocycles. The van der Waals surface area contributed by atoms with E-state index in [1.54, 1.807) is 13.0 Å². The van der Waals surface area contributed by atoms with Crippen molar-refractivity contribution >= 4 is 17.7 Å². The van der Waals surface area contributed by atoms with Gasteiger partial charge < -0.3 is 19.9 Å². The number of ketones is 1. The molecule has 7 nitrogen and oxygen atoms in total. The van der Waals surface area contributed by atoms with Crippen LogP contribution in [0.4, 0.5) is 0 Å². The predicted molar refractivity (Wildman–Crippen MR) is 137 cm³/mol. The Kier molecular flexibility index (Phi) is 6.23. The van der Waals surface area contributed by atoms with Gasteiger partial charge in [0.25, 0.3) is 0 Å². The van der Waals surface area contributed by atoms with Crippen LogP contribution in [0.3, 0.4) is 0 Å². The second-order valence-electron chi connectivity index (χ2n) is 11.7. The number of ether oxygens (including phenoxy) is 2. The summed E-state index contributed by atoms with van der Waals surface area (Å²) >= 11 is 0. The monoisotopic (exact) mass is 507 g/mol. The highest BCUT2D eigenvalue weighted by Gasteiger charge is 2.78. The Morgan fingerprint density at radius 3 is 2.54 bits per heavy atom. The van der Waals surface area contributed by atoms with Gasteiger partial charge in [0.2, 0.25) is 5.91 Å². The number of nitrogens with one attached hydrogen (secondary N) is 1. The molecule has 198 valence electrons. The molecule has 1 aromatic carbocycles. The number of hydrogen-bond acceptors (Lipinski definition) is 6. The largest absolute Gasteiger partial charge is 0.457 e.